The van der Waals surface area contributed by atoms with Crippen LogP contribution in [0.1, 0.15) is 53.2 Å². The summed E-state index contributed by atoms with van der Waals surface area (Å²) in [6.07, 6.45) is 7.12. The lowest BCUT2D eigenvalue weighted by Gasteiger charge is -2.29. The Morgan fingerprint density at radius 1 is 1.09 bits per heavy atom. The summed E-state index contributed by atoms with van der Waals surface area (Å²) in [5.74, 6) is -0.239. The second kappa shape index (κ2) is 13.8. The van der Waals surface area contributed by atoms with Crippen LogP contribution >= 0.6 is 11.3 Å². The summed E-state index contributed by atoms with van der Waals surface area (Å²) in [6, 6.07) is 11.0. The second-order valence-electron chi connectivity index (χ2n) is 11.3. The fourth-order valence-corrected chi connectivity index (χ4v) is 6.33. The van der Waals surface area contributed by atoms with Gasteiger partial charge in [0.15, 0.2) is 22.3 Å². The van der Waals surface area contributed by atoms with E-state index in [0.29, 0.717) is 53.2 Å². The molecule has 0 aliphatic carbocycles. The number of rotatable bonds is 10. The molecule has 3 aromatic heterocycles. The molecule has 0 spiro atoms. The Bertz CT molecular complexity index is 1890. The number of fused-ring (bicyclic) bond motifs is 2. The maximum atomic E-state index is 15.4. The number of hydrogen-bond donors (Lipinski definition) is 4. The fourth-order valence-electron chi connectivity index (χ4n) is 5.78. The molecule has 14 heteroatoms. The number of hydrogen-bond acceptors (Lipinski definition) is 10. The molecule has 2 atom stereocenters. The highest BCUT2D eigenvalue weighted by Crippen LogP contribution is 2.39. The van der Waals surface area contributed by atoms with Crippen LogP contribution in [-0.4, -0.2) is 57.8 Å². The number of aromatic amines is 1. The van der Waals surface area contributed by atoms with Crippen LogP contribution in [0.3, 0.4) is 0 Å². The Balaban J connectivity index is 1.12. The molecule has 5 heterocycles. The van der Waals surface area contributed by atoms with E-state index in [4.69, 9.17) is 14.2 Å². The zero-order valence-corrected chi connectivity index (χ0v) is 26.1. The van der Waals surface area contributed by atoms with Gasteiger partial charge in [0.25, 0.3) is 5.91 Å². The van der Waals surface area contributed by atoms with Crippen LogP contribution in [0.2, 0.25) is 0 Å². The number of nitrogens with one attached hydrogen (secondary N) is 4. The normalized spacial score (nSPS) is 17.6. The summed E-state index contributed by atoms with van der Waals surface area (Å²) in [7, 11) is 0. The Hall–Kier alpha value is -4.92. The van der Waals surface area contributed by atoms with Crippen LogP contribution in [-0.2, 0) is 16.0 Å². The summed E-state index contributed by atoms with van der Waals surface area (Å²) in [4.78, 5) is 34.1. The molecule has 5 aromatic rings. The van der Waals surface area contributed by atoms with Gasteiger partial charge in [0.2, 0.25) is 5.91 Å². The van der Waals surface area contributed by atoms with Gasteiger partial charge in [0.1, 0.15) is 24.0 Å². The minimum atomic E-state index is -0.767. The first-order valence-corrected chi connectivity index (χ1v) is 16.3. The van der Waals surface area contributed by atoms with Crippen LogP contribution in [0, 0.1) is 5.82 Å². The van der Waals surface area contributed by atoms with Gasteiger partial charge >= 0.3 is 0 Å². The topological polar surface area (TPSA) is 152 Å². The van der Waals surface area contributed by atoms with Gasteiger partial charge < -0.3 is 30.2 Å². The molecule has 12 nitrogen and oxygen atoms in total. The first kappa shape index (κ1) is 30.7. The molecular formula is C33H32FN7O5S. The number of carbonyl (C=O) groups excluding carboxylic acids is 2. The molecule has 0 radical (unpaired) electrons. The van der Waals surface area contributed by atoms with Gasteiger partial charge in [-0.25, -0.2) is 14.4 Å². The number of H-pyrrole nitrogens is 1. The average molecular weight is 658 g/mol. The van der Waals surface area contributed by atoms with Gasteiger partial charge in [-0.3, -0.25) is 14.7 Å². The van der Waals surface area contributed by atoms with Crippen molar-refractivity contribution in [3.05, 3.63) is 82.7 Å². The van der Waals surface area contributed by atoms with Crippen LogP contribution in [0.5, 0.6) is 17.2 Å². The Kier molecular flexibility index (Phi) is 9.04. The maximum Gasteiger partial charge on any atom is 0.259 e. The molecule has 1 fully saturated rings. The Morgan fingerprint density at radius 3 is 2.85 bits per heavy atom. The van der Waals surface area contributed by atoms with Crippen LogP contribution in [0.4, 0.5) is 15.3 Å². The highest BCUT2D eigenvalue weighted by Gasteiger charge is 2.26. The lowest BCUT2D eigenvalue weighted by Crippen LogP contribution is -2.33. The highest BCUT2D eigenvalue weighted by molar-refractivity contribution is 7.13. The summed E-state index contributed by atoms with van der Waals surface area (Å²) in [6.45, 7) is 1.73. The van der Waals surface area contributed by atoms with E-state index in [1.165, 1.54) is 23.5 Å². The zero-order valence-electron chi connectivity index (χ0n) is 25.3. The number of ether oxygens (including phenoxy) is 3. The number of thiazole rings is 1. The highest BCUT2D eigenvalue weighted by atomic mass is 32.1. The molecule has 2 aliphatic rings. The third-order valence-corrected chi connectivity index (χ3v) is 8.80. The van der Waals surface area contributed by atoms with Gasteiger partial charge in [0, 0.05) is 42.9 Å². The molecule has 7 rings (SSSR count). The standard InChI is InChI=1S/C33H32FN7O5S/c34-25-15-20(6-7-22(25)32(43)39-31-23-5-3-9-36-30(23)40-41-31)46-28-16-24-19(14-27(28)45-18-21-4-1-2-12-44-21)8-10-35-26(24)17-29(42)38-33-37-11-13-47-33/h3,5-7,9,11,13-16,21,26,35H,1-2,4,8,10,12,17-18H2,(H,37,38,42)(H2,36,39,40,41,43). The van der Waals surface area contributed by atoms with Crippen molar-refractivity contribution < 1.29 is 28.2 Å². The molecule has 0 saturated carbocycles. The maximum absolute atomic E-state index is 15.4. The van der Waals surface area contributed by atoms with E-state index in [1.54, 1.807) is 29.9 Å². The largest absolute Gasteiger partial charge is 0.487 e. The lowest BCUT2D eigenvalue weighted by molar-refractivity contribution is -0.116. The predicted molar refractivity (Wildman–Crippen MR) is 174 cm³/mol. The summed E-state index contributed by atoms with van der Waals surface area (Å²) < 4.78 is 33.7. The fraction of sp³-hybridized carbons (Fsp3) is 0.303. The van der Waals surface area contributed by atoms with Gasteiger partial charge in [-0.15, -0.1) is 11.3 Å². The summed E-state index contributed by atoms with van der Waals surface area (Å²) in [5.41, 5.74) is 2.18. The van der Waals surface area contributed by atoms with Crippen LogP contribution in [0.25, 0.3) is 11.0 Å². The summed E-state index contributed by atoms with van der Waals surface area (Å²) >= 11 is 1.35. The number of benzene rings is 2. The number of carbonyl (C=O) groups is 2. The average Bonchev–Trinajstić information content (AvgIpc) is 3.74. The van der Waals surface area contributed by atoms with Crippen LogP contribution < -0.4 is 25.4 Å². The van der Waals surface area contributed by atoms with E-state index in [2.05, 4.69) is 36.1 Å². The quantitative estimate of drug-likeness (QED) is 0.147. The molecule has 0 bridgehead atoms. The number of amides is 2. The van der Waals surface area contributed by atoms with Crippen molar-refractivity contribution in [1.82, 2.24) is 25.5 Å². The monoisotopic (exact) mass is 657 g/mol. The van der Waals surface area contributed by atoms with E-state index in [0.717, 1.165) is 42.9 Å². The van der Waals surface area contributed by atoms with Gasteiger partial charge in [-0.05, 0) is 79.8 Å². The molecule has 2 aromatic carbocycles. The van der Waals surface area contributed by atoms with Crippen molar-refractivity contribution in [3.63, 3.8) is 0 Å². The molecule has 1 saturated heterocycles. The number of anilines is 2. The molecule has 2 unspecified atom stereocenters. The molecule has 47 heavy (non-hydrogen) atoms. The van der Waals surface area contributed by atoms with Gasteiger partial charge in [-0.2, -0.15) is 5.10 Å². The number of nitrogens with zero attached hydrogens (tertiary/aromatic N) is 3. The summed E-state index contributed by atoms with van der Waals surface area (Å²) in [5, 5.41) is 18.7. The first-order chi connectivity index (χ1) is 23.0. The minimum Gasteiger partial charge on any atom is -0.487 e. The van der Waals surface area contributed by atoms with Crippen molar-refractivity contribution in [2.75, 3.05) is 30.4 Å². The van der Waals surface area contributed by atoms with E-state index < -0.39 is 11.7 Å². The first-order valence-electron chi connectivity index (χ1n) is 15.4. The zero-order chi connectivity index (χ0) is 32.2. The van der Waals surface area contributed by atoms with Crippen LogP contribution in [0.15, 0.2) is 60.2 Å². The van der Waals surface area contributed by atoms with Crippen molar-refractivity contribution in [1.29, 1.82) is 0 Å². The van der Waals surface area contributed by atoms with E-state index in [-0.39, 0.29) is 35.8 Å². The van der Waals surface area contributed by atoms with Gasteiger partial charge in [0.05, 0.1) is 17.1 Å². The van der Waals surface area contributed by atoms with E-state index >= 15 is 4.39 Å². The number of pyridine rings is 1. The Labute approximate surface area is 273 Å². The van der Waals surface area contributed by atoms with Crippen molar-refractivity contribution in [2.45, 2.75) is 44.2 Å². The smallest absolute Gasteiger partial charge is 0.259 e. The second-order valence-corrected chi connectivity index (χ2v) is 12.2. The Morgan fingerprint density at radius 2 is 2.02 bits per heavy atom. The van der Waals surface area contributed by atoms with Crippen molar-refractivity contribution >= 4 is 45.1 Å². The van der Waals surface area contributed by atoms with Gasteiger partial charge in [-0.1, -0.05) is 0 Å². The van der Waals surface area contributed by atoms with Crippen molar-refractivity contribution in [2.24, 2.45) is 0 Å². The third kappa shape index (κ3) is 7.09. The molecule has 242 valence electrons. The minimum absolute atomic E-state index is 0.0328. The molecule has 2 amide bonds. The molecular weight excluding hydrogens is 625 g/mol. The van der Waals surface area contributed by atoms with E-state index in [9.17, 15) is 9.59 Å². The molecule has 4 N–H and O–H groups in total. The third-order valence-electron chi connectivity index (χ3n) is 8.11. The molecule has 2 aliphatic heterocycles. The van der Waals surface area contributed by atoms with Crippen molar-refractivity contribution in [3.8, 4) is 17.2 Å². The lowest BCUT2D eigenvalue weighted by atomic mass is 9.91. The van der Waals surface area contributed by atoms with E-state index in [1.807, 2.05) is 12.1 Å². The predicted octanol–water partition coefficient (Wildman–Crippen LogP) is 5.76. The number of aromatic nitrogens is 4. The number of halogens is 1. The SMILES string of the molecule is O=C(CC1NCCc2cc(OCC3CCCCO3)c(Oc3ccc(C(=O)Nc4[nH]nc5ncccc45)c(F)c3)cc21)Nc1nccs1.